The number of piperazine rings is 1. The quantitative estimate of drug-likeness (QED) is 0.568. The molecule has 1 fully saturated rings. The lowest BCUT2D eigenvalue weighted by molar-refractivity contribution is 0.0615. The van der Waals surface area contributed by atoms with E-state index in [4.69, 9.17) is 20.9 Å². The van der Waals surface area contributed by atoms with E-state index in [0.717, 1.165) is 0 Å². The van der Waals surface area contributed by atoms with Gasteiger partial charge in [0.2, 0.25) is 0 Å². The summed E-state index contributed by atoms with van der Waals surface area (Å²) in [5.74, 6) is 0.772. The molecular weight excluding hydrogens is 421 g/mol. The summed E-state index contributed by atoms with van der Waals surface area (Å²) in [5.41, 5.74) is 1.41. The fourth-order valence-electron chi connectivity index (χ4n) is 3.57. The predicted molar refractivity (Wildman–Crippen MR) is 115 cm³/mol. The maximum Gasteiger partial charge on any atom is 0.276 e. The van der Waals surface area contributed by atoms with Crippen LogP contribution in [0.1, 0.15) is 27.4 Å². The van der Waals surface area contributed by atoms with Crippen molar-refractivity contribution in [2.24, 2.45) is 0 Å². The Morgan fingerprint density at radius 3 is 2.55 bits per heavy atom. The van der Waals surface area contributed by atoms with Crippen molar-refractivity contribution in [1.82, 2.24) is 15.0 Å². The number of rotatable bonds is 6. The van der Waals surface area contributed by atoms with Crippen LogP contribution in [-0.4, -0.2) is 47.0 Å². The average molecular weight is 444 g/mol. The summed E-state index contributed by atoms with van der Waals surface area (Å²) in [6.45, 7) is 4.63. The lowest BCUT2D eigenvalue weighted by Crippen LogP contribution is -2.48. The van der Waals surface area contributed by atoms with Crippen molar-refractivity contribution < 1.29 is 18.4 Å². The summed E-state index contributed by atoms with van der Waals surface area (Å²) in [5, 5.41) is 4.40. The molecule has 0 unspecified atom stereocenters. The number of ether oxygens (including phenoxy) is 1. The van der Waals surface area contributed by atoms with Gasteiger partial charge in [-0.3, -0.25) is 9.69 Å². The minimum Gasteiger partial charge on any atom is -0.489 e. The van der Waals surface area contributed by atoms with Gasteiger partial charge in [0.05, 0.1) is 5.56 Å². The minimum atomic E-state index is -0.313. The lowest BCUT2D eigenvalue weighted by atomic mass is 10.1. The van der Waals surface area contributed by atoms with Crippen LogP contribution in [0, 0.1) is 12.7 Å². The number of amides is 1. The van der Waals surface area contributed by atoms with E-state index in [-0.39, 0.29) is 24.0 Å². The Hall–Kier alpha value is -2.90. The molecule has 0 atom stereocenters. The highest BCUT2D eigenvalue weighted by Crippen LogP contribution is 2.23. The van der Waals surface area contributed by atoms with Gasteiger partial charge in [-0.15, -0.1) is 0 Å². The molecule has 4 rings (SSSR count). The first kappa shape index (κ1) is 21.3. The fraction of sp³-hybridized carbons (Fsp3) is 0.304. The number of hydrogen-bond donors (Lipinski definition) is 0. The number of carbonyl (C=O) groups is 1. The molecule has 1 amide bonds. The van der Waals surface area contributed by atoms with Crippen LogP contribution in [0.3, 0.4) is 0 Å². The van der Waals surface area contributed by atoms with Crippen LogP contribution in [0.25, 0.3) is 0 Å². The second-order valence-corrected chi connectivity index (χ2v) is 7.84. The van der Waals surface area contributed by atoms with Gasteiger partial charge < -0.3 is 14.2 Å². The van der Waals surface area contributed by atoms with E-state index >= 15 is 0 Å². The number of hydrogen-bond acceptors (Lipinski definition) is 5. The number of benzene rings is 2. The van der Waals surface area contributed by atoms with E-state index in [0.29, 0.717) is 60.4 Å². The Kier molecular flexibility index (Phi) is 6.53. The largest absolute Gasteiger partial charge is 0.489 e. The van der Waals surface area contributed by atoms with Crippen molar-refractivity contribution in [3.05, 3.63) is 82.0 Å². The van der Waals surface area contributed by atoms with Gasteiger partial charge >= 0.3 is 0 Å². The summed E-state index contributed by atoms with van der Waals surface area (Å²) in [6.07, 6.45) is 0. The highest BCUT2D eigenvalue weighted by Gasteiger charge is 2.28. The third-order valence-electron chi connectivity index (χ3n) is 5.42. The van der Waals surface area contributed by atoms with Gasteiger partial charge in [-0.2, -0.15) is 0 Å². The van der Waals surface area contributed by atoms with Crippen molar-refractivity contribution in [2.75, 3.05) is 26.2 Å². The molecule has 0 saturated carbocycles. The van der Waals surface area contributed by atoms with Gasteiger partial charge in [0.25, 0.3) is 5.91 Å². The van der Waals surface area contributed by atoms with Crippen molar-refractivity contribution in [1.29, 1.82) is 0 Å². The van der Waals surface area contributed by atoms with Gasteiger partial charge in [0.1, 0.15) is 23.9 Å². The molecule has 1 saturated heterocycles. The van der Waals surface area contributed by atoms with E-state index in [1.54, 1.807) is 24.0 Å². The van der Waals surface area contributed by atoms with Crippen LogP contribution in [0.2, 0.25) is 5.02 Å². The van der Waals surface area contributed by atoms with Gasteiger partial charge in [-0.25, -0.2) is 4.39 Å². The first-order valence-electron chi connectivity index (χ1n) is 10.1. The van der Waals surface area contributed by atoms with Crippen LogP contribution in [0.5, 0.6) is 5.75 Å². The molecule has 0 spiro atoms. The maximum atomic E-state index is 14.1. The van der Waals surface area contributed by atoms with Crippen LogP contribution in [0.4, 0.5) is 4.39 Å². The topological polar surface area (TPSA) is 58.8 Å². The van der Waals surface area contributed by atoms with Crippen LogP contribution < -0.4 is 4.74 Å². The zero-order chi connectivity index (χ0) is 21.8. The zero-order valence-electron chi connectivity index (χ0n) is 17.2. The average Bonchev–Trinajstić information content (AvgIpc) is 3.16. The number of para-hydroxylation sites is 1. The summed E-state index contributed by atoms with van der Waals surface area (Å²) in [4.78, 5) is 16.9. The summed E-state index contributed by atoms with van der Waals surface area (Å²) >= 11 is 6.14. The Morgan fingerprint density at radius 1 is 1.10 bits per heavy atom. The van der Waals surface area contributed by atoms with Gasteiger partial charge in [0, 0.05) is 43.3 Å². The molecule has 1 aromatic heterocycles. The summed E-state index contributed by atoms with van der Waals surface area (Å²) in [6, 6.07) is 14.1. The lowest BCUT2D eigenvalue weighted by Gasteiger charge is -2.34. The molecule has 2 aromatic carbocycles. The number of nitrogens with zero attached hydrogens (tertiary/aromatic N) is 3. The SMILES string of the molecule is Cc1onc(C(=O)N2CCN(Cc3c(F)cccc3Cl)CC2)c1COc1ccccc1. The summed E-state index contributed by atoms with van der Waals surface area (Å²) < 4.78 is 25.1. The zero-order valence-corrected chi connectivity index (χ0v) is 17.9. The molecule has 31 heavy (non-hydrogen) atoms. The Labute approximate surface area is 185 Å². The number of aryl methyl sites for hydroxylation is 1. The Morgan fingerprint density at radius 2 is 1.84 bits per heavy atom. The second kappa shape index (κ2) is 9.49. The number of halogens is 2. The first-order chi connectivity index (χ1) is 15.0. The first-order valence-corrected chi connectivity index (χ1v) is 10.5. The molecule has 162 valence electrons. The van der Waals surface area contributed by atoms with Crippen molar-refractivity contribution in [3.8, 4) is 5.75 Å². The third-order valence-corrected chi connectivity index (χ3v) is 5.77. The molecule has 0 N–H and O–H groups in total. The summed E-state index contributed by atoms with van der Waals surface area (Å²) in [7, 11) is 0. The minimum absolute atomic E-state index is 0.188. The van der Waals surface area contributed by atoms with Crippen LogP contribution in [-0.2, 0) is 13.2 Å². The molecule has 0 aliphatic carbocycles. The highest BCUT2D eigenvalue weighted by molar-refractivity contribution is 6.31. The molecule has 0 radical (unpaired) electrons. The normalized spacial score (nSPS) is 14.6. The van der Waals surface area contributed by atoms with Crippen molar-refractivity contribution in [2.45, 2.75) is 20.1 Å². The van der Waals surface area contributed by atoms with Gasteiger partial charge in [0.15, 0.2) is 5.69 Å². The molecule has 1 aliphatic heterocycles. The standard InChI is InChI=1S/C23H23ClFN3O3/c1-16-19(15-30-17-6-3-2-4-7-17)22(26-31-16)23(29)28-12-10-27(11-13-28)14-18-20(24)8-5-9-21(18)25/h2-9H,10-15H2,1H3. The number of aromatic nitrogens is 1. The molecule has 8 heteroatoms. The van der Waals surface area contributed by atoms with Gasteiger partial charge in [-0.05, 0) is 31.2 Å². The molecule has 6 nitrogen and oxygen atoms in total. The fourth-order valence-corrected chi connectivity index (χ4v) is 3.79. The van der Waals surface area contributed by atoms with Gasteiger partial charge in [-0.1, -0.05) is 41.0 Å². The Bertz CT molecular complexity index is 1030. The van der Waals surface area contributed by atoms with E-state index in [2.05, 4.69) is 10.1 Å². The van der Waals surface area contributed by atoms with Crippen LogP contribution >= 0.6 is 11.6 Å². The molecule has 0 bridgehead atoms. The van der Waals surface area contributed by atoms with Crippen molar-refractivity contribution >= 4 is 17.5 Å². The molecule has 1 aliphatic rings. The number of carbonyl (C=O) groups excluding carboxylic acids is 1. The second-order valence-electron chi connectivity index (χ2n) is 7.44. The Balaban J connectivity index is 1.38. The highest BCUT2D eigenvalue weighted by atomic mass is 35.5. The monoisotopic (exact) mass is 443 g/mol. The van der Waals surface area contributed by atoms with Crippen LogP contribution in [0.15, 0.2) is 53.1 Å². The van der Waals surface area contributed by atoms with E-state index < -0.39 is 0 Å². The maximum absolute atomic E-state index is 14.1. The smallest absolute Gasteiger partial charge is 0.276 e. The van der Waals surface area contributed by atoms with E-state index in [9.17, 15) is 9.18 Å². The third kappa shape index (κ3) is 4.89. The molecule has 3 aromatic rings. The van der Waals surface area contributed by atoms with E-state index in [1.807, 2.05) is 30.3 Å². The van der Waals surface area contributed by atoms with Crippen molar-refractivity contribution in [3.63, 3.8) is 0 Å². The predicted octanol–water partition coefficient (Wildman–Crippen LogP) is 4.31. The molecular formula is C23H23ClFN3O3. The van der Waals surface area contributed by atoms with E-state index in [1.165, 1.54) is 6.07 Å². The molecule has 2 heterocycles.